The fourth-order valence-electron chi connectivity index (χ4n) is 1.78. The fourth-order valence-corrected chi connectivity index (χ4v) is 2.78. The van der Waals surface area contributed by atoms with Crippen molar-refractivity contribution in [2.24, 2.45) is 5.92 Å². The van der Waals surface area contributed by atoms with Crippen LogP contribution in [0.1, 0.15) is 51.2 Å². The van der Waals surface area contributed by atoms with E-state index in [4.69, 9.17) is 4.42 Å². The van der Waals surface area contributed by atoms with Crippen LogP contribution in [0.5, 0.6) is 0 Å². The third kappa shape index (κ3) is 2.78. The summed E-state index contributed by atoms with van der Waals surface area (Å²) in [6.45, 7) is 6.97. The van der Waals surface area contributed by atoms with E-state index in [-0.39, 0.29) is 6.04 Å². The molecule has 0 saturated heterocycles. The quantitative estimate of drug-likeness (QED) is 0.916. The molecule has 1 fully saturated rings. The molecule has 0 amide bonds. The second kappa shape index (κ2) is 4.38. The Bertz CT molecular complexity index is 521. The zero-order valence-electron chi connectivity index (χ0n) is 11.4. The summed E-state index contributed by atoms with van der Waals surface area (Å²) in [5, 5.41) is 0. The Morgan fingerprint density at radius 3 is 2.33 bits per heavy atom. The van der Waals surface area contributed by atoms with E-state index < -0.39 is 14.8 Å². The number of hydrogen-bond donors (Lipinski definition) is 1. The predicted octanol–water partition coefficient (Wildman–Crippen LogP) is 2.76. The Hall–Kier alpha value is -0.810. The Morgan fingerprint density at radius 2 is 1.94 bits per heavy atom. The molecular formula is C13H21NO3S. The SMILES string of the molecule is Cc1ccc([C@@H](NS(=O)(=O)C(C)(C)C)C2CC2)o1. The number of aryl methyl sites for hydroxylation is 1. The summed E-state index contributed by atoms with van der Waals surface area (Å²) < 4.78 is 32.0. The topological polar surface area (TPSA) is 59.3 Å². The highest BCUT2D eigenvalue weighted by molar-refractivity contribution is 7.90. The molecule has 1 aromatic rings. The molecule has 18 heavy (non-hydrogen) atoms. The first kappa shape index (κ1) is 13.6. The molecule has 1 atom stereocenters. The number of furan rings is 1. The van der Waals surface area contributed by atoms with Crippen molar-refractivity contribution >= 4 is 10.0 Å². The van der Waals surface area contributed by atoms with Crippen LogP contribution >= 0.6 is 0 Å². The van der Waals surface area contributed by atoms with Gasteiger partial charge in [-0.2, -0.15) is 0 Å². The maximum absolute atomic E-state index is 12.2. The van der Waals surface area contributed by atoms with E-state index in [9.17, 15) is 8.42 Å². The Labute approximate surface area is 109 Å². The third-order valence-corrected chi connectivity index (χ3v) is 5.43. The first-order valence-electron chi connectivity index (χ1n) is 6.29. The van der Waals surface area contributed by atoms with Gasteiger partial charge < -0.3 is 4.42 Å². The van der Waals surface area contributed by atoms with Gasteiger partial charge in [0.15, 0.2) is 0 Å². The van der Waals surface area contributed by atoms with E-state index in [0.717, 1.165) is 24.4 Å². The molecule has 1 N–H and O–H groups in total. The molecule has 1 saturated carbocycles. The maximum Gasteiger partial charge on any atom is 0.217 e. The smallest absolute Gasteiger partial charge is 0.217 e. The monoisotopic (exact) mass is 271 g/mol. The van der Waals surface area contributed by atoms with E-state index in [0.29, 0.717) is 5.92 Å². The molecule has 0 aromatic carbocycles. The minimum absolute atomic E-state index is 0.220. The van der Waals surface area contributed by atoms with Gasteiger partial charge >= 0.3 is 0 Å². The number of sulfonamides is 1. The van der Waals surface area contributed by atoms with Gasteiger partial charge in [0.2, 0.25) is 10.0 Å². The lowest BCUT2D eigenvalue weighted by molar-refractivity contribution is 0.401. The van der Waals surface area contributed by atoms with Gasteiger partial charge in [-0.25, -0.2) is 13.1 Å². The lowest BCUT2D eigenvalue weighted by atomic mass is 10.1. The molecule has 102 valence electrons. The lowest BCUT2D eigenvalue weighted by Crippen LogP contribution is -2.41. The van der Waals surface area contributed by atoms with Gasteiger partial charge in [-0.3, -0.25) is 0 Å². The molecule has 1 heterocycles. The number of nitrogens with one attached hydrogen (secondary N) is 1. The largest absolute Gasteiger partial charge is 0.465 e. The van der Waals surface area contributed by atoms with Gasteiger partial charge in [0.25, 0.3) is 0 Å². The first-order chi connectivity index (χ1) is 8.21. The number of hydrogen-bond acceptors (Lipinski definition) is 3. The molecule has 0 radical (unpaired) electrons. The summed E-state index contributed by atoms with van der Waals surface area (Å²) in [7, 11) is -3.35. The van der Waals surface area contributed by atoms with Crippen LogP contribution in [-0.2, 0) is 10.0 Å². The highest BCUT2D eigenvalue weighted by atomic mass is 32.2. The van der Waals surface area contributed by atoms with Crippen LogP contribution in [0, 0.1) is 12.8 Å². The molecule has 4 nitrogen and oxygen atoms in total. The third-order valence-electron chi connectivity index (χ3n) is 3.25. The zero-order valence-corrected chi connectivity index (χ0v) is 12.2. The molecule has 1 aromatic heterocycles. The molecule has 2 rings (SSSR count). The minimum atomic E-state index is -3.35. The summed E-state index contributed by atoms with van der Waals surface area (Å²) in [6, 6.07) is 3.52. The van der Waals surface area contributed by atoms with Crippen molar-refractivity contribution in [3.63, 3.8) is 0 Å². The Morgan fingerprint density at radius 1 is 1.33 bits per heavy atom. The van der Waals surface area contributed by atoms with Gasteiger partial charge in [-0.15, -0.1) is 0 Å². The van der Waals surface area contributed by atoms with Crippen molar-refractivity contribution in [3.05, 3.63) is 23.7 Å². The van der Waals surface area contributed by atoms with Crippen molar-refractivity contribution in [1.82, 2.24) is 4.72 Å². The van der Waals surface area contributed by atoms with Crippen molar-refractivity contribution in [3.8, 4) is 0 Å². The highest BCUT2D eigenvalue weighted by Gasteiger charge is 2.40. The molecule has 0 unspecified atom stereocenters. The normalized spacial score (nSPS) is 18.9. The van der Waals surface area contributed by atoms with E-state index in [2.05, 4.69) is 4.72 Å². The highest BCUT2D eigenvalue weighted by Crippen LogP contribution is 2.42. The maximum atomic E-state index is 12.2. The summed E-state index contributed by atoms with van der Waals surface area (Å²) in [4.78, 5) is 0. The minimum Gasteiger partial charge on any atom is -0.465 e. The predicted molar refractivity (Wildman–Crippen MR) is 70.7 cm³/mol. The molecular weight excluding hydrogens is 250 g/mol. The standard InChI is InChI=1S/C13H21NO3S/c1-9-5-8-11(17-9)12(10-6-7-10)14-18(15,16)13(2,3)4/h5,8,10,12,14H,6-7H2,1-4H3/t12-/m0/s1. The van der Waals surface area contributed by atoms with Gasteiger partial charge in [0.05, 0.1) is 10.8 Å². The molecule has 0 bridgehead atoms. The van der Waals surface area contributed by atoms with Gasteiger partial charge in [0, 0.05) is 0 Å². The van der Waals surface area contributed by atoms with Crippen LogP contribution in [0.2, 0.25) is 0 Å². The Kier molecular flexibility index (Phi) is 3.32. The van der Waals surface area contributed by atoms with E-state index in [1.54, 1.807) is 20.8 Å². The average Bonchev–Trinajstić information content (AvgIpc) is 2.96. The van der Waals surface area contributed by atoms with Crippen molar-refractivity contribution in [2.75, 3.05) is 0 Å². The first-order valence-corrected chi connectivity index (χ1v) is 7.77. The van der Waals surface area contributed by atoms with E-state index in [1.165, 1.54) is 0 Å². The van der Waals surface area contributed by atoms with Crippen LogP contribution in [0.3, 0.4) is 0 Å². The van der Waals surface area contributed by atoms with Gasteiger partial charge in [-0.05, 0) is 58.6 Å². The van der Waals surface area contributed by atoms with Gasteiger partial charge in [-0.1, -0.05) is 0 Å². The lowest BCUT2D eigenvalue weighted by Gasteiger charge is -2.24. The summed E-state index contributed by atoms with van der Waals surface area (Å²) in [5.41, 5.74) is 0. The van der Waals surface area contributed by atoms with Crippen molar-refractivity contribution < 1.29 is 12.8 Å². The van der Waals surface area contributed by atoms with Crippen molar-refractivity contribution in [1.29, 1.82) is 0 Å². The second-order valence-electron chi connectivity index (χ2n) is 6.00. The summed E-state index contributed by atoms with van der Waals surface area (Å²) in [5.74, 6) is 1.90. The van der Waals surface area contributed by atoms with Crippen LogP contribution < -0.4 is 4.72 Å². The second-order valence-corrected chi connectivity index (χ2v) is 8.46. The molecule has 1 aliphatic rings. The van der Waals surface area contributed by atoms with Crippen LogP contribution in [0.25, 0.3) is 0 Å². The Balaban J connectivity index is 2.23. The van der Waals surface area contributed by atoms with Crippen molar-refractivity contribution in [2.45, 2.75) is 51.3 Å². The fraction of sp³-hybridized carbons (Fsp3) is 0.692. The van der Waals surface area contributed by atoms with E-state index in [1.807, 2.05) is 19.1 Å². The van der Waals surface area contributed by atoms with E-state index >= 15 is 0 Å². The van der Waals surface area contributed by atoms with Crippen LogP contribution in [0.4, 0.5) is 0 Å². The summed E-state index contributed by atoms with van der Waals surface area (Å²) in [6.07, 6.45) is 2.11. The van der Waals surface area contributed by atoms with Crippen LogP contribution in [0.15, 0.2) is 16.5 Å². The zero-order chi connectivity index (χ0) is 13.6. The summed E-state index contributed by atoms with van der Waals surface area (Å²) >= 11 is 0. The average molecular weight is 271 g/mol. The van der Waals surface area contributed by atoms with Crippen LogP contribution in [-0.4, -0.2) is 13.2 Å². The van der Waals surface area contributed by atoms with Gasteiger partial charge in [0.1, 0.15) is 11.5 Å². The number of rotatable bonds is 4. The molecule has 1 aliphatic carbocycles. The molecule has 0 spiro atoms. The molecule has 5 heteroatoms. The molecule has 0 aliphatic heterocycles.